The maximum Gasteiger partial charge on any atom is 0.226 e. The van der Waals surface area contributed by atoms with Crippen LogP contribution in [0.3, 0.4) is 0 Å². The van der Waals surface area contributed by atoms with Crippen molar-refractivity contribution >= 4 is 5.91 Å². The van der Waals surface area contributed by atoms with E-state index in [1.54, 1.807) is 7.05 Å². The second-order valence-electron chi connectivity index (χ2n) is 5.51. The molecule has 1 aromatic rings. The molecule has 0 fully saturated rings. The molecule has 3 N–H and O–H groups in total. The van der Waals surface area contributed by atoms with Crippen LogP contribution >= 0.6 is 0 Å². The van der Waals surface area contributed by atoms with E-state index in [1.807, 2.05) is 13.8 Å². The van der Waals surface area contributed by atoms with Crippen LogP contribution in [0.15, 0.2) is 24.3 Å². The molecule has 0 spiro atoms. The Hall–Kier alpha value is -1.66. The fourth-order valence-electron chi connectivity index (χ4n) is 1.75. The number of rotatable bonds is 8. The van der Waals surface area contributed by atoms with Gasteiger partial charge in [-0.05, 0) is 38.1 Å². The Morgan fingerprint density at radius 3 is 2.57 bits per heavy atom. The van der Waals surface area contributed by atoms with Gasteiger partial charge in [0, 0.05) is 20.1 Å². The van der Waals surface area contributed by atoms with Crippen molar-refractivity contribution in [3.05, 3.63) is 30.1 Å². The lowest BCUT2D eigenvalue weighted by Crippen LogP contribution is -2.44. The molecular formula is C15H23FN2O3. The molecule has 21 heavy (non-hydrogen) atoms. The zero-order valence-corrected chi connectivity index (χ0v) is 12.6. The molecule has 1 unspecified atom stereocenters. The predicted molar refractivity (Wildman–Crippen MR) is 78.6 cm³/mol. The van der Waals surface area contributed by atoms with Crippen LogP contribution in [0.25, 0.3) is 0 Å². The van der Waals surface area contributed by atoms with Crippen molar-refractivity contribution in [2.24, 2.45) is 5.41 Å². The average molecular weight is 298 g/mol. The van der Waals surface area contributed by atoms with Crippen molar-refractivity contribution in [1.82, 2.24) is 10.6 Å². The summed E-state index contributed by atoms with van der Waals surface area (Å²) < 4.78 is 18.0. The van der Waals surface area contributed by atoms with Crippen molar-refractivity contribution in [3.8, 4) is 5.75 Å². The first kappa shape index (κ1) is 17.4. The number of hydrogen-bond acceptors (Lipinski definition) is 4. The molecule has 0 aromatic heterocycles. The number of amides is 1. The summed E-state index contributed by atoms with van der Waals surface area (Å²) in [6.07, 6.45) is -0.712. The van der Waals surface area contributed by atoms with E-state index in [0.29, 0.717) is 18.8 Å². The van der Waals surface area contributed by atoms with E-state index in [-0.39, 0.29) is 18.3 Å². The van der Waals surface area contributed by atoms with Crippen LogP contribution in [-0.2, 0) is 4.79 Å². The number of nitrogens with one attached hydrogen (secondary N) is 2. The first-order valence-corrected chi connectivity index (χ1v) is 6.84. The van der Waals surface area contributed by atoms with Gasteiger partial charge in [-0.2, -0.15) is 0 Å². The summed E-state index contributed by atoms with van der Waals surface area (Å²) in [5.74, 6) is 0.106. The van der Waals surface area contributed by atoms with E-state index in [9.17, 15) is 14.3 Å². The van der Waals surface area contributed by atoms with E-state index in [2.05, 4.69) is 10.6 Å². The predicted octanol–water partition coefficient (Wildman–Crippen LogP) is 0.927. The van der Waals surface area contributed by atoms with Crippen LogP contribution < -0.4 is 15.4 Å². The number of carbonyl (C=O) groups is 1. The molecule has 0 saturated carbocycles. The van der Waals surface area contributed by atoms with Gasteiger partial charge in [-0.25, -0.2) is 4.39 Å². The second kappa shape index (κ2) is 7.95. The lowest BCUT2D eigenvalue weighted by molar-refractivity contribution is -0.128. The summed E-state index contributed by atoms with van der Waals surface area (Å²) in [5.41, 5.74) is -0.549. The van der Waals surface area contributed by atoms with E-state index < -0.39 is 11.5 Å². The Morgan fingerprint density at radius 2 is 2.00 bits per heavy atom. The monoisotopic (exact) mass is 298 g/mol. The zero-order chi connectivity index (χ0) is 15.9. The van der Waals surface area contributed by atoms with Crippen LogP contribution in [0, 0.1) is 11.2 Å². The van der Waals surface area contributed by atoms with Gasteiger partial charge in [0.1, 0.15) is 24.3 Å². The summed E-state index contributed by atoms with van der Waals surface area (Å²) in [6.45, 7) is 4.49. The third-order valence-corrected chi connectivity index (χ3v) is 3.04. The lowest BCUT2D eigenvalue weighted by atomic mass is 9.92. The van der Waals surface area contributed by atoms with Crippen molar-refractivity contribution in [2.75, 3.05) is 26.7 Å². The summed E-state index contributed by atoms with van der Waals surface area (Å²) in [4.78, 5) is 11.6. The molecule has 0 aliphatic heterocycles. The molecular weight excluding hydrogens is 275 g/mol. The second-order valence-corrected chi connectivity index (χ2v) is 5.51. The number of aliphatic hydroxyl groups excluding tert-OH is 1. The number of carbonyl (C=O) groups excluding carboxylic acids is 1. The molecule has 0 aliphatic carbocycles. The molecule has 1 rings (SSSR count). The first-order valence-electron chi connectivity index (χ1n) is 6.84. The first-order chi connectivity index (χ1) is 9.85. The molecule has 0 radical (unpaired) electrons. The molecule has 5 nitrogen and oxygen atoms in total. The molecule has 0 saturated heterocycles. The summed E-state index contributed by atoms with van der Waals surface area (Å²) >= 11 is 0. The molecule has 118 valence electrons. The third-order valence-electron chi connectivity index (χ3n) is 3.04. The Morgan fingerprint density at radius 1 is 1.38 bits per heavy atom. The minimum atomic E-state index is -0.712. The van der Waals surface area contributed by atoms with Gasteiger partial charge in [0.25, 0.3) is 0 Å². The summed E-state index contributed by atoms with van der Waals surface area (Å²) in [5, 5.41) is 15.4. The SMILES string of the molecule is CNC(=O)C(C)(C)CNCC(O)COc1ccc(F)cc1. The average Bonchev–Trinajstić information content (AvgIpc) is 2.45. The van der Waals surface area contributed by atoms with Crippen molar-refractivity contribution < 1.29 is 19.0 Å². The fraction of sp³-hybridized carbons (Fsp3) is 0.533. The fourth-order valence-corrected chi connectivity index (χ4v) is 1.75. The standard InChI is InChI=1S/C15H23FN2O3/c1-15(2,14(20)17-3)10-18-8-12(19)9-21-13-6-4-11(16)5-7-13/h4-7,12,18-19H,8-10H2,1-3H3,(H,17,20). The Kier molecular flexibility index (Phi) is 6.58. The third kappa shape index (κ3) is 6.10. The van der Waals surface area contributed by atoms with Crippen LogP contribution in [0.4, 0.5) is 4.39 Å². The van der Waals surface area contributed by atoms with Gasteiger partial charge in [-0.1, -0.05) is 0 Å². The van der Waals surface area contributed by atoms with Gasteiger partial charge in [0.05, 0.1) is 5.41 Å². The van der Waals surface area contributed by atoms with Gasteiger partial charge >= 0.3 is 0 Å². The summed E-state index contributed by atoms with van der Waals surface area (Å²) in [7, 11) is 1.59. The van der Waals surface area contributed by atoms with Crippen LogP contribution in [0.1, 0.15) is 13.8 Å². The van der Waals surface area contributed by atoms with E-state index in [1.165, 1.54) is 24.3 Å². The van der Waals surface area contributed by atoms with E-state index in [0.717, 1.165) is 0 Å². The smallest absolute Gasteiger partial charge is 0.226 e. The number of benzene rings is 1. The highest BCUT2D eigenvalue weighted by Gasteiger charge is 2.26. The van der Waals surface area contributed by atoms with Gasteiger partial charge in [-0.15, -0.1) is 0 Å². The van der Waals surface area contributed by atoms with Crippen molar-refractivity contribution in [3.63, 3.8) is 0 Å². The molecule has 1 amide bonds. The van der Waals surface area contributed by atoms with Gasteiger partial charge in [0.15, 0.2) is 0 Å². The largest absolute Gasteiger partial charge is 0.491 e. The highest BCUT2D eigenvalue weighted by Crippen LogP contribution is 2.13. The van der Waals surface area contributed by atoms with E-state index in [4.69, 9.17) is 4.74 Å². The minimum absolute atomic E-state index is 0.0629. The number of hydrogen-bond donors (Lipinski definition) is 3. The van der Waals surface area contributed by atoms with Crippen LogP contribution in [0.2, 0.25) is 0 Å². The van der Waals surface area contributed by atoms with Gasteiger partial charge < -0.3 is 20.5 Å². The van der Waals surface area contributed by atoms with E-state index >= 15 is 0 Å². The maximum absolute atomic E-state index is 12.7. The molecule has 0 heterocycles. The maximum atomic E-state index is 12.7. The zero-order valence-electron chi connectivity index (χ0n) is 12.6. The van der Waals surface area contributed by atoms with Crippen LogP contribution in [-0.4, -0.2) is 43.9 Å². The summed E-state index contributed by atoms with van der Waals surface area (Å²) in [6, 6.07) is 5.60. The molecule has 0 aliphatic rings. The Labute approximate surface area is 124 Å². The molecule has 1 atom stereocenters. The van der Waals surface area contributed by atoms with Crippen molar-refractivity contribution in [2.45, 2.75) is 20.0 Å². The number of aliphatic hydroxyl groups is 1. The quantitative estimate of drug-likeness (QED) is 0.668. The molecule has 6 heteroatoms. The van der Waals surface area contributed by atoms with Gasteiger partial charge in [-0.3, -0.25) is 4.79 Å². The van der Waals surface area contributed by atoms with Gasteiger partial charge in [0.2, 0.25) is 5.91 Å². The highest BCUT2D eigenvalue weighted by molar-refractivity contribution is 5.81. The lowest BCUT2D eigenvalue weighted by Gasteiger charge is -2.23. The topological polar surface area (TPSA) is 70.6 Å². The minimum Gasteiger partial charge on any atom is -0.491 e. The normalized spacial score (nSPS) is 12.8. The Balaban J connectivity index is 2.26. The van der Waals surface area contributed by atoms with Crippen molar-refractivity contribution in [1.29, 1.82) is 0 Å². The molecule has 0 bridgehead atoms. The highest BCUT2D eigenvalue weighted by atomic mass is 19.1. The Bertz CT molecular complexity index is 449. The number of halogens is 1. The molecule has 1 aromatic carbocycles. The van der Waals surface area contributed by atoms with Crippen LogP contribution in [0.5, 0.6) is 5.75 Å². The number of ether oxygens (including phenoxy) is 1.